The van der Waals surface area contributed by atoms with Crippen molar-refractivity contribution in [2.75, 3.05) is 6.54 Å². The zero-order valence-corrected chi connectivity index (χ0v) is 11.8. The van der Waals surface area contributed by atoms with Crippen LogP contribution in [-0.4, -0.2) is 40.6 Å². The Morgan fingerprint density at radius 3 is 2.25 bits per heavy atom. The monoisotopic (exact) mass is 288 g/mol. The van der Waals surface area contributed by atoms with E-state index in [2.05, 4.69) is 12.2 Å². The van der Waals surface area contributed by atoms with E-state index < -0.39 is 30.3 Å². The van der Waals surface area contributed by atoms with Crippen LogP contribution in [0.2, 0.25) is 0 Å². The Morgan fingerprint density at radius 1 is 1.15 bits per heavy atom. The molecule has 0 aliphatic rings. The Balaban J connectivity index is 4.23. The summed E-state index contributed by atoms with van der Waals surface area (Å²) >= 11 is 0. The van der Waals surface area contributed by atoms with E-state index in [9.17, 15) is 14.4 Å². The molecule has 0 aromatic heterocycles. The molecule has 5 N–H and O–H groups in total. The van der Waals surface area contributed by atoms with Crippen molar-refractivity contribution in [2.45, 2.75) is 51.5 Å². The molecule has 1 amide bonds. The molecule has 0 aromatic carbocycles. The molecule has 0 rings (SSSR count). The lowest BCUT2D eigenvalue weighted by Crippen LogP contribution is -2.42. The average Bonchev–Trinajstić information content (AvgIpc) is 2.35. The highest BCUT2D eigenvalue weighted by atomic mass is 16.4. The van der Waals surface area contributed by atoms with Crippen LogP contribution in [0.25, 0.3) is 0 Å². The van der Waals surface area contributed by atoms with Crippen molar-refractivity contribution < 1.29 is 24.6 Å². The number of carboxylic acids is 2. The largest absolute Gasteiger partial charge is 0.481 e. The third kappa shape index (κ3) is 8.47. The first kappa shape index (κ1) is 18.4. The Labute approximate surface area is 118 Å². The van der Waals surface area contributed by atoms with E-state index in [1.54, 1.807) is 0 Å². The third-order valence-corrected chi connectivity index (χ3v) is 3.06. The van der Waals surface area contributed by atoms with Crippen LogP contribution < -0.4 is 11.1 Å². The Kier molecular flexibility index (Phi) is 9.36. The van der Waals surface area contributed by atoms with Gasteiger partial charge in [-0.2, -0.15) is 0 Å². The van der Waals surface area contributed by atoms with Gasteiger partial charge in [0.25, 0.3) is 0 Å². The summed E-state index contributed by atoms with van der Waals surface area (Å²) in [5.74, 6) is -2.69. The van der Waals surface area contributed by atoms with Crippen LogP contribution in [0.1, 0.15) is 45.4 Å². The van der Waals surface area contributed by atoms with E-state index in [-0.39, 0.29) is 6.42 Å². The fraction of sp³-hybridized carbons (Fsp3) is 0.769. The first-order chi connectivity index (χ1) is 9.40. The molecule has 0 radical (unpaired) electrons. The second-order valence-electron chi connectivity index (χ2n) is 4.83. The maximum Gasteiger partial charge on any atom is 0.326 e. The molecule has 0 fully saturated rings. The summed E-state index contributed by atoms with van der Waals surface area (Å²) in [5.41, 5.74) is 5.50. The molecule has 7 nitrogen and oxygen atoms in total. The lowest BCUT2D eigenvalue weighted by Gasteiger charge is -2.16. The van der Waals surface area contributed by atoms with Crippen LogP contribution in [0, 0.1) is 5.92 Å². The number of nitrogens with two attached hydrogens (primary N) is 1. The topological polar surface area (TPSA) is 130 Å². The highest BCUT2D eigenvalue weighted by Gasteiger charge is 2.23. The fourth-order valence-electron chi connectivity index (χ4n) is 2.05. The molecule has 7 heteroatoms. The van der Waals surface area contributed by atoms with Gasteiger partial charge >= 0.3 is 11.9 Å². The molecule has 116 valence electrons. The van der Waals surface area contributed by atoms with Crippen LogP contribution in [-0.2, 0) is 14.4 Å². The van der Waals surface area contributed by atoms with Crippen LogP contribution >= 0.6 is 0 Å². The first-order valence-electron chi connectivity index (χ1n) is 6.84. The number of aliphatic carboxylic acids is 2. The second-order valence-corrected chi connectivity index (χ2v) is 4.83. The maximum absolute atomic E-state index is 11.7. The molecule has 0 bridgehead atoms. The molecule has 0 saturated carbocycles. The van der Waals surface area contributed by atoms with Crippen LogP contribution in [0.5, 0.6) is 0 Å². The minimum absolute atomic E-state index is 0.189. The van der Waals surface area contributed by atoms with E-state index >= 15 is 0 Å². The molecular formula is C13H24N2O5. The summed E-state index contributed by atoms with van der Waals surface area (Å²) in [6, 6.07) is -1.38. The molecule has 0 aromatic rings. The van der Waals surface area contributed by atoms with Gasteiger partial charge in [-0.3, -0.25) is 9.59 Å². The Bertz CT molecular complexity index is 327. The summed E-state index contributed by atoms with van der Waals surface area (Å²) in [5, 5.41) is 19.6. The summed E-state index contributed by atoms with van der Waals surface area (Å²) in [6.45, 7) is 2.61. The lowest BCUT2D eigenvalue weighted by molar-refractivity contribution is -0.147. The highest BCUT2D eigenvalue weighted by molar-refractivity contribution is 5.86. The van der Waals surface area contributed by atoms with Crippen LogP contribution in [0.15, 0.2) is 0 Å². The zero-order valence-electron chi connectivity index (χ0n) is 11.8. The molecule has 0 saturated heterocycles. The lowest BCUT2D eigenvalue weighted by atomic mass is 9.94. The van der Waals surface area contributed by atoms with Gasteiger partial charge in [-0.05, 0) is 25.3 Å². The smallest absolute Gasteiger partial charge is 0.326 e. The van der Waals surface area contributed by atoms with Gasteiger partial charge in [0.15, 0.2) is 0 Å². The van der Waals surface area contributed by atoms with E-state index in [0.717, 1.165) is 19.3 Å². The summed E-state index contributed by atoms with van der Waals surface area (Å²) in [6.07, 6.45) is 3.01. The predicted molar refractivity (Wildman–Crippen MR) is 73.1 cm³/mol. The number of hydrogen-bond acceptors (Lipinski definition) is 4. The van der Waals surface area contributed by atoms with Crippen molar-refractivity contribution in [3.8, 4) is 0 Å². The minimum atomic E-state index is -1.38. The number of rotatable bonds is 11. The van der Waals surface area contributed by atoms with Gasteiger partial charge in [0.1, 0.15) is 6.04 Å². The van der Waals surface area contributed by atoms with Gasteiger partial charge in [0.2, 0.25) is 5.91 Å². The van der Waals surface area contributed by atoms with Crippen molar-refractivity contribution in [2.24, 2.45) is 11.7 Å². The van der Waals surface area contributed by atoms with Crippen LogP contribution in [0.4, 0.5) is 0 Å². The maximum atomic E-state index is 11.7. The molecule has 2 atom stereocenters. The first-order valence-corrected chi connectivity index (χ1v) is 6.84. The quantitative estimate of drug-likeness (QED) is 0.440. The Morgan fingerprint density at radius 2 is 1.80 bits per heavy atom. The van der Waals surface area contributed by atoms with Gasteiger partial charge in [0, 0.05) is 6.42 Å². The van der Waals surface area contributed by atoms with Crippen molar-refractivity contribution >= 4 is 17.8 Å². The zero-order chi connectivity index (χ0) is 15.5. The molecule has 0 spiro atoms. The minimum Gasteiger partial charge on any atom is -0.481 e. The summed E-state index contributed by atoms with van der Waals surface area (Å²) in [4.78, 5) is 33.0. The number of carboxylic acid groups (broad SMARTS) is 2. The fourth-order valence-corrected chi connectivity index (χ4v) is 2.05. The number of carbonyl (C=O) groups is 3. The van der Waals surface area contributed by atoms with Crippen LogP contribution in [0.3, 0.4) is 0 Å². The van der Waals surface area contributed by atoms with E-state index in [0.29, 0.717) is 18.9 Å². The molecule has 20 heavy (non-hydrogen) atoms. The van der Waals surface area contributed by atoms with Crippen molar-refractivity contribution in [3.63, 3.8) is 0 Å². The normalized spacial score (nSPS) is 13.5. The summed E-state index contributed by atoms with van der Waals surface area (Å²) < 4.78 is 0. The predicted octanol–water partition coefficient (Wildman–Crippen LogP) is 0.576. The molecule has 0 aliphatic carbocycles. The molecule has 2 unspecified atom stereocenters. The van der Waals surface area contributed by atoms with E-state index in [4.69, 9.17) is 15.9 Å². The third-order valence-electron chi connectivity index (χ3n) is 3.06. The van der Waals surface area contributed by atoms with E-state index in [1.165, 1.54) is 0 Å². The Hall–Kier alpha value is -1.63. The van der Waals surface area contributed by atoms with Gasteiger partial charge in [-0.25, -0.2) is 4.79 Å². The molecule has 0 aliphatic heterocycles. The number of amides is 1. The highest BCUT2D eigenvalue weighted by Crippen LogP contribution is 2.16. The molecule has 0 heterocycles. The van der Waals surface area contributed by atoms with Crippen molar-refractivity contribution in [3.05, 3.63) is 0 Å². The number of hydrogen-bond donors (Lipinski definition) is 4. The van der Waals surface area contributed by atoms with Gasteiger partial charge in [-0.1, -0.05) is 19.8 Å². The number of carbonyl (C=O) groups excluding carboxylic acids is 1. The van der Waals surface area contributed by atoms with Gasteiger partial charge < -0.3 is 21.3 Å². The number of nitrogens with one attached hydrogen (secondary N) is 1. The van der Waals surface area contributed by atoms with Gasteiger partial charge in [-0.15, -0.1) is 0 Å². The van der Waals surface area contributed by atoms with E-state index in [1.807, 2.05) is 0 Å². The van der Waals surface area contributed by atoms with Crippen molar-refractivity contribution in [1.82, 2.24) is 5.32 Å². The van der Waals surface area contributed by atoms with Gasteiger partial charge in [0.05, 0.1) is 6.42 Å². The average molecular weight is 288 g/mol. The van der Waals surface area contributed by atoms with Crippen molar-refractivity contribution in [1.29, 1.82) is 0 Å². The standard InChI is InChI=1S/C13H24N2O5/c1-2-3-9(6-7-14)4-5-11(16)15-10(13(19)20)8-12(17)18/h9-10H,2-8,14H2,1H3,(H,15,16)(H,17,18)(H,19,20). The second kappa shape index (κ2) is 10.2. The summed E-state index contributed by atoms with van der Waals surface area (Å²) in [7, 11) is 0. The SMILES string of the molecule is CCCC(CCN)CCC(=O)NC(CC(=O)O)C(=O)O. The molecular weight excluding hydrogens is 264 g/mol.